The number of aliphatic hydroxyl groups excluding tert-OH is 2. The lowest BCUT2D eigenvalue weighted by atomic mass is 10.0. The highest BCUT2D eigenvalue weighted by Gasteiger charge is 2.20. The van der Waals surface area contributed by atoms with Crippen molar-refractivity contribution in [2.45, 2.75) is 386 Å². The normalized spacial score (nSPS) is 12.6. The van der Waals surface area contributed by atoms with Crippen LogP contribution in [0.15, 0.2) is 12.2 Å². The van der Waals surface area contributed by atoms with Crippen LogP contribution in [-0.4, -0.2) is 47.4 Å². The van der Waals surface area contributed by atoms with Gasteiger partial charge < -0.3 is 20.3 Å². The summed E-state index contributed by atoms with van der Waals surface area (Å²) in [5, 5.41) is 23.4. The number of carbonyl (C=O) groups is 2. The third kappa shape index (κ3) is 57.9. The summed E-state index contributed by atoms with van der Waals surface area (Å²) in [5.74, 6) is -0.0666. The summed E-state index contributed by atoms with van der Waals surface area (Å²) in [5.41, 5.74) is 0. The van der Waals surface area contributed by atoms with Gasteiger partial charge in [-0.25, -0.2) is 0 Å². The van der Waals surface area contributed by atoms with E-state index >= 15 is 0 Å². The number of aliphatic hydroxyl groups is 2. The van der Waals surface area contributed by atoms with E-state index in [0.29, 0.717) is 25.9 Å². The zero-order chi connectivity index (χ0) is 52.2. The van der Waals surface area contributed by atoms with Crippen molar-refractivity contribution in [3.05, 3.63) is 12.2 Å². The molecule has 0 rings (SSSR count). The van der Waals surface area contributed by atoms with Crippen LogP contribution in [-0.2, 0) is 14.3 Å². The Bertz CT molecular complexity index is 1080. The molecule has 0 aromatic rings. The summed E-state index contributed by atoms with van der Waals surface area (Å²) in [6, 6.07) is -0.562. The van der Waals surface area contributed by atoms with E-state index in [0.717, 1.165) is 70.6 Å². The fraction of sp³-hybridized carbons (Fsp3) is 0.939. The van der Waals surface area contributed by atoms with Crippen LogP contribution in [0.25, 0.3) is 0 Å². The number of allylic oxidation sites excluding steroid dienone is 2. The first kappa shape index (κ1) is 70.6. The number of amides is 1. The Morgan fingerprint density at radius 2 is 0.653 bits per heavy atom. The van der Waals surface area contributed by atoms with E-state index in [2.05, 4.69) is 31.3 Å². The molecule has 2 atom stereocenters. The van der Waals surface area contributed by atoms with Crippen LogP contribution in [0.1, 0.15) is 373 Å². The van der Waals surface area contributed by atoms with Crippen LogP contribution in [0.4, 0.5) is 0 Å². The van der Waals surface area contributed by atoms with Crippen LogP contribution < -0.4 is 5.32 Å². The zero-order valence-electron chi connectivity index (χ0n) is 48.9. The molecule has 0 aliphatic rings. The van der Waals surface area contributed by atoms with Gasteiger partial charge in [0.25, 0.3) is 0 Å². The Labute approximate surface area is 450 Å². The smallest absolute Gasteiger partial charge is 0.305 e. The molecule has 428 valence electrons. The van der Waals surface area contributed by atoms with Crippen LogP contribution >= 0.6 is 0 Å². The Balaban J connectivity index is 3.45. The second kappa shape index (κ2) is 62.1. The molecule has 0 aromatic carbocycles. The van der Waals surface area contributed by atoms with Gasteiger partial charge in [0.2, 0.25) is 5.91 Å². The van der Waals surface area contributed by atoms with Crippen molar-refractivity contribution in [2.24, 2.45) is 0 Å². The van der Waals surface area contributed by atoms with Crippen molar-refractivity contribution in [3.63, 3.8) is 0 Å². The molecule has 0 saturated heterocycles. The largest absolute Gasteiger partial charge is 0.466 e. The van der Waals surface area contributed by atoms with E-state index in [-0.39, 0.29) is 18.5 Å². The third-order valence-electron chi connectivity index (χ3n) is 15.6. The predicted octanol–water partition coefficient (Wildman–Crippen LogP) is 20.8. The molecule has 72 heavy (non-hydrogen) atoms. The first-order chi connectivity index (χ1) is 35.5. The number of hydrogen-bond acceptors (Lipinski definition) is 5. The molecule has 6 heteroatoms. The minimum atomic E-state index is -0.682. The highest BCUT2D eigenvalue weighted by Crippen LogP contribution is 2.19. The number of ether oxygens (including phenoxy) is 1. The molecular weight excluding hydrogens is 887 g/mol. The van der Waals surface area contributed by atoms with E-state index in [4.69, 9.17) is 4.74 Å². The van der Waals surface area contributed by atoms with Crippen LogP contribution in [0.5, 0.6) is 0 Å². The third-order valence-corrected chi connectivity index (χ3v) is 15.6. The van der Waals surface area contributed by atoms with Crippen molar-refractivity contribution in [1.82, 2.24) is 5.32 Å². The molecular formula is C66H129NO5. The SMILES string of the molecule is CCCCCCCCCCCCCCCCCCCCCCCCCCC(O)C(CO)NC(=O)CCCCC/C=C\CCCCCCCCOC(=O)CCCCCCCCCCCCCCCCCCCC. The topological polar surface area (TPSA) is 95.9 Å². The number of carbonyl (C=O) groups excluding carboxylic acids is 2. The van der Waals surface area contributed by atoms with Crippen molar-refractivity contribution in [3.8, 4) is 0 Å². The summed E-state index contributed by atoms with van der Waals surface area (Å²) in [6.45, 7) is 4.95. The molecule has 2 unspecified atom stereocenters. The molecule has 0 bridgehead atoms. The second-order valence-electron chi connectivity index (χ2n) is 22.8. The van der Waals surface area contributed by atoms with Crippen molar-refractivity contribution in [2.75, 3.05) is 13.2 Å². The number of rotatable bonds is 62. The first-order valence-corrected chi connectivity index (χ1v) is 32.9. The zero-order valence-corrected chi connectivity index (χ0v) is 48.9. The Hall–Kier alpha value is -1.40. The van der Waals surface area contributed by atoms with E-state index in [1.165, 1.54) is 270 Å². The number of unbranched alkanes of at least 4 members (excludes halogenated alkanes) is 49. The van der Waals surface area contributed by atoms with Crippen molar-refractivity contribution >= 4 is 11.9 Å². The Morgan fingerprint density at radius 1 is 0.375 bits per heavy atom. The lowest BCUT2D eigenvalue weighted by Crippen LogP contribution is -2.45. The van der Waals surface area contributed by atoms with Gasteiger partial charge in [0.1, 0.15) is 0 Å². The Kier molecular flexibility index (Phi) is 60.9. The summed E-state index contributed by atoms with van der Waals surface area (Å²) in [4.78, 5) is 24.6. The maximum atomic E-state index is 12.5. The van der Waals surface area contributed by atoms with Crippen LogP contribution in [0, 0.1) is 0 Å². The summed E-state index contributed by atoms with van der Waals surface area (Å²) in [7, 11) is 0. The lowest BCUT2D eigenvalue weighted by Gasteiger charge is -2.22. The molecule has 0 saturated carbocycles. The van der Waals surface area contributed by atoms with Gasteiger partial charge in [0.05, 0.1) is 25.4 Å². The highest BCUT2D eigenvalue weighted by atomic mass is 16.5. The molecule has 0 aromatic heterocycles. The predicted molar refractivity (Wildman–Crippen MR) is 315 cm³/mol. The van der Waals surface area contributed by atoms with Gasteiger partial charge in [-0.15, -0.1) is 0 Å². The van der Waals surface area contributed by atoms with Crippen LogP contribution in [0.2, 0.25) is 0 Å². The minimum absolute atomic E-state index is 0.00670. The van der Waals surface area contributed by atoms with E-state index in [1.54, 1.807) is 0 Å². The molecule has 0 heterocycles. The molecule has 6 nitrogen and oxygen atoms in total. The number of nitrogens with one attached hydrogen (secondary N) is 1. The van der Waals surface area contributed by atoms with E-state index in [9.17, 15) is 19.8 Å². The Morgan fingerprint density at radius 3 is 1.00 bits per heavy atom. The summed E-state index contributed by atoms with van der Waals surface area (Å²) in [6.07, 6.45) is 75.2. The molecule has 0 aliphatic heterocycles. The van der Waals surface area contributed by atoms with Gasteiger partial charge in [-0.3, -0.25) is 9.59 Å². The molecule has 0 spiro atoms. The highest BCUT2D eigenvalue weighted by molar-refractivity contribution is 5.76. The van der Waals surface area contributed by atoms with Gasteiger partial charge in [-0.1, -0.05) is 321 Å². The lowest BCUT2D eigenvalue weighted by molar-refractivity contribution is -0.143. The van der Waals surface area contributed by atoms with Crippen LogP contribution in [0.3, 0.4) is 0 Å². The summed E-state index contributed by atoms with van der Waals surface area (Å²) >= 11 is 0. The second-order valence-corrected chi connectivity index (χ2v) is 22.8. The molecule has 0 fully saturated rings. The van der Waals surface area contributed by atoms with E-state index in [1.807, 2.05) is 0 Å². The van der Waals surface area contributed by atoms with Crippen molar-refractivity contribution in [1.29, 1.82) is 0 Å². The van der Waals surface area contributed by atoms with Crippen molar-refractivity contribution < 1.29 is 24.5 Å². The van der Waals surface area contributed by atoms with Gasteiger partial charge in [0, 0.05) is 12.8 Å². The maximum Gasteiger partial charge on any atom is 0.305 e. The van der Waals surface area contributed by atoms with E-state index < -0.39 is 12.1 Å². The number of hydrogen-bond donors (Lipinski definition) is 3. The van der Waals surface area contributed by atoms with Gasteiger partial charge in [-0.05, 0) is 51.4 Å². The molecule has 3 N–H and O–H groups in total. The molecule has 0 radical (unpaired) electrons. The molecule has 0 aliphatic carbocycles. The fourth-order valence-corrected chi connectivity index (χ4v) is 10.5. The first-order valence-electron chi connectivity index (χ1n) is 32.9. The van der Waals surface area contributed by atoms with Gasteiger partial charge in [0.15, 0.2) is 0 Å². The van der Waals surface area contributed by atoms with Gasteiger partial charge >= 0.3 is 5.97 Å². The number of esters is 1. The quantitative estimate of drug-likeness (QED) is 0.0320. The minimum Gasteiger partial charge on any atom is -0.466 e. The average molecular weight is 1020 g/mol. The molecule has 1 amide bonds. The summed E-state index contributed by atoms with van der Waals surface area (Å²) < 4.78 is 5.49. The standard InChI is InChI=1S/C66H129NO5/c1-3-5-7-9-11-13-15-17-19-21-23-24-25-26-27-28-29-31-34-38-42-46-50-54-58-64(69)63(62-68)67-65(70)59-55-51-47-43-39-35-33-37-41-45-49-53-57-61-72-66(71)60-56-52-48-44-40-36-32-30-22-20-18-16-14-12-10-8-6-4-2/h35,39,63-64,68-69H,3-34,36-38,40-62H2,1-2H3,(H,67,70)/b39-35-. The maximum absolute atomic E-state index is 12.5. The monoisotopic (exact) mass is 1020 g/mol. The van der Waals surface area contributed by atoms with Gasteiger partial charge in [-0.2, -0.15) is 0 Å². The average Bonchev–Trinajstić information content (AvgIpc) is 3.38. The fourth-order valence-electron chi connectivity index (χ4n) is 10.5.